The molecule has 0 aliphatic carbocycles. The van der Waals surface area contributed by atoms with E-state index in [1.807, 2.05) is 34.6 Å². The van der Waals surface area contributed by atoms with E-state index in [9.17, 15) is 10.0 Å². The zero-order chi connectivity index (χ0) is 23.0. The Morgan fingerprint density at radius 3 is 2.17 bits per heavy atom. The van der Waals surface area contributed by atoms with E-state index in [-0.39, 0.29) is 11.5 Å². The summed E-state index contributed by atoms with van der Waals surface area (Å²) < 4.78 is 13.3. The van der Waals surface area contributed by atoms with Gasteiger partial charge in [0.2, 0.25) is 5.69 Å². The monoisotopic (exact) mass is 484 g/mol. The van der Waals surface area contributed by atoms with Crippen LogP contribution in [-0.2, 0) is 14.3 Å². The van der Waals surface area contributed by atoms with Crippen molar-refractivity contribution in [2.24, 2.45) is 5.41 Å². The summed E-state index contributed by atoms with van der Waals surface area (Å²) in [6, 6.07) is 0. The maximum atomic E-state index is 13.1. The maximum absolute atomic E-state index is 13.1. The van der Waals surface area contributed by atoms with E-state index in [1.54, 1.807) is 13.8 Å². The SMILES string of the molecule is Cc1c(Br)c(N2CCC(C)(C)CC2)c(C(OC(C)(C)C)C(=O)OC(C)C)c(C)[n+]1[O-]. The van der Waals surface area contributed by atoms with E-state index >= 15 is 0 Å². The van der Waals surface area contributed by atoms with Crippen LogP contribution in [0.5, 0.6) is 0 Å². The van der Waals surface area contributed by atoms with Gasteiger partial charge in [-0.1, -0.05) is 13.8 Å². The van der Waals surface area contributed by atoms with Crippen molar-refractivity contribution in [2.75, 3.05) is 18.0 Å². The lowest BCUT2D eigenvalue weighted by molar-refractivity contribution is -0.620. The lowest BCUT2D eigenvalue weighted by atomic mass is 9.82. The van der Waals surface area contributed by atoms with Gasteiger partial charge in [0, 0.05) is 26.9 Å². The number of ether oxygens (including phenoxy) is 2. The number of carbonyl (C=O) groups is 1. The average molecular weight is 485 g/mol. The molecule has 1 fully saturated rings. The van der Waals surface area contributed by atoms with Crippen LogP contribution in [0.2, 0.25) is 0 Å². The molecular formula is C23H37BrN2O4. The number of piperidine rings is 1. The molecule has 1 aromatic rings. The summed E-state index contributed by atoms with van der Waals surface area (Å²) in [5.74, 6) is -0.475. The fraction of sp³-hybridized carbons (Fsp3) is 0.739. The fourth-order valence-corrected chi connectivity index (χ4v) is 4.37. The standard InChI is InChI=1S/C23H37BrN2O4/c1-14(2)29-21(27)20(30-22(5,6)7)17-15(3)26(28)16(4)18(24)19(17)25-12-10-23(8,9)11-13-25/h14,20H,10-13H2,1-9H3. The van der Waals surface area contributed by atoms with Crippen LogP contribution >= 0.6 is 15.9 Å². The van der Waals surface area contributed by atoms with Crippen LogP contribution in [0.3, 0.4) is 0 Å². The molecule has 1 atom stereocenters. The number of esters is 1. The number of halogens is 1. The van der Waals surface area contributed by atoms with Crippen LogP contribution in [-0.4, -0.2) is 30.8 Å². The van der Waals surface area contributed by atoms with Gasteiger partial charge in [0.25, 0.3) is 0 Å². The highest BCUT2D eigenvalue weighted by atomic mass is 79.9. The molecule has 0 aromatic carbocycles. The van der Waals surface area contributed by atoms with E-state index in [4.69, 9.17) is 9.47 Å². The maximum Gasteiger partial charge on any atom is 0.340 e. The minimum absolute atomic E-state index is 0.276. The molecular weight excluding hydrogens is 448 g/mol. The Kier molecular flexibility index (Phi) is 7.50. The fourth-order valence-electron chi connectivity index (χ4n) is 3.74. The molecule has 1 aliphatic rings. The highest BCUT2D eigenvalue weighted by Gasteiger charge is 2.39. The van der Waals surface area contributed by atoms with Crippen molar-refractivity contribution in [3.63, 3.8) is 0 Å². The van der Waals surface area contributed by atoms with Gasteiger partial charge in [-0.25, -0.2) is 4.79 Å². The van der Waals surface area contributed by atoms with Gasteiger partial charge in [-0.2, -0.15) is 4.73 Å². The van der Waals surface area contributed by atoms with Crippen molar-refractivity contribution < 1.29 is 19.0 Å². The molecule has 1 saturated heterocycles. The number of hydrogen-bond donors (Lipinski definition) is 0. The Morgan fingerprint density at radius 2 is 1.70 bits per heavy atom. The lowest BCUT2D eigenvalue weighted by Gasteiger charge is -2.40. The number of hydrogen-bond acceptors (Lipinski definition) is 5. The van der Waals surface area contributed by atoms with Gasteiger partial charge in [0.15, 0.2) is 11.8 Å². The Morgan fingerprint density at radius 1 is 1.17 bits per heavy atom. The van der Waals surface area contributed by atoms with Crippen molar-refractivity contribution in [3.8, 4) is 0 Å². The smallest absolute Gasteiger partial charge is 0.340 e. The molecule has 0 N–H and O–H groups in total. The molecule has 1 aliphatic heterocycles. The molecule has 2 heterocycles. The minimum Gasteiger partial charge on any atom is -0.618 e. The van der Waals surface area contributed by atoms with Gasteiger partial charge >= 0.3 is 5.97 Å². The summed E-state index contributed by atoms with van der Waals surface area (Å²) in [4.78, 5) is 15.4. The van der Waals surface area contributed by atoms with Gasteiger partial charge in [0.05, 0.1) is 23.0 Å². The zero-order valence-electron chi connectivity index (χ0n) is 19.9. The third kappa shape index (κ3) is 5.67. The first-order valence-electron chi connectivity index (χ1n) is 10.7. The normalized spacial score (nSPS) is 17.9. The topological polar surface area (TPSA) is 65.7 Å². The molecule has 1 unspecified atom stereocenters. The molecule has 0 bridgehead atoms. The van der Waals surface area contributed by atoms with E-state index < -0.39 is 17.7 Å². The number of pyridine rings is 1. The summed E-state index contributed by atoms with van der Waals surface area (Å²) in [6.45, 7) is 19.1. The van der Waals surface area contributed by atoms with Crippen LogP contribution in [0.1, 0.15) is 84.4 Å². The van der Waals surface area contributed by atoms with E-state index in [2.05, 4.69) is 34.7 Å². The Labute approximate surface area is 189 Å². The summed E-state index contributed by atoms with van der Waals surface area (Å²) >= 11 is 3.66. The Balaban J connectivity index is 2.68. The number of rotatable bonds is 5. The van der Waals surface area contributed by atoms with Gasteiger partial charge in [-0.15, -0.1) is 0 Å². The molecule has 6 nitrogen and oxygen atoms in total. The van der Waals surface area contributed by atoms with E-state index in [1.165, 1.54) is 0 Å². The van der Waals surface area contributed by atoms with E-state index in [0.29, 0.717) is 21.4 Å². The quantitative estimate of drug-likeness (QED) is 0.329. The second-order valence-electron chi connectivity index (χ2n) is 10.3. The van der Waals surface area contributed by atoms with Gasteiger partial charge in [0.1, 0.15) is 4.47 Å². The predicted molar refractivity (Wildman–Crippen MR) is 123 cm³/mol. The largest absolute Gasteiger partial charge is 0.618 e. The summed E-state index contributed by atoms with van der Waals surface area (Å²) in [5, 5.41) is 12.9. The second kappa shape index (κ2) is 9.03. The van der Waals surface area contributed by atoms with Crippen LogP contribution in [0.15, 0.2) is 4.47 Å². The molecule has 1 aromatic heterocycles. The van der Waals surface area contributed by atoms with Gasteiger partial charge < -0.3 is 19.6 Å². The molecule has 170 valence electrons. The molecule has 0 spiro atoms. The third-order valence-corrected chi connectivity index (χ3v) is 6.46. The van der Waals surface area contributed by atoms with Crippen molar-refractivity contribution in [1.82, 2.24) is 0 Å². The summed E-state index contributed by atoms with van der Waals surface area (Å²) in [7, 11) is 0. The average Bonchev–Trinajstić information content (AvgIpc) is 2.60. The first kappa shape index (κ1) is 24.9. The van der Waals surface area contributed by atoms with Gasteiger partial charge in [-0.05, 0) is 68.8 Å². The molecule has 0 radical (unpaired) electrons. The second-order valence-corrected chi connectivity index (χ2v) is 11.1. The third-order valence-electron chi connectivity index (χ3n) is 5.51. The van der Waals surface area contributed by atoms with Gasteiger partial charge in [-0.3, -0.25) is 0 Å². The van der Waals surface area contributed by atoms with Crippen molar-refractivity contribution in [3.05, 3.63) is 26.6 Å². The van der Waals surface area contributed by atoms with Crippen molar-refractivity contribution in [2.45, 2.75) is 93.0 Å². The number of carbonyl (C=O) groups excluding carboxylic acids is 1. The lowest BCUT2D eigenvalue weighted by Crippen LogP contribution is -2.43. The summed E-state index contributed by atoms with van der Waals surface area (Å²) in [5.41, 5.74) is 2.16. The highest BCUT2D eigenvalue weighted by molar-refractivity contribution is 9.10. The molecule has 7 heteroatoms. The van der Waals surface area contributed by atoms with E-state index in [0.717, 1.165) is 36.3 Å². The first-order chi connectivity index (χ1) is 13.6. The van der Waals surface area contributed by atoms with Crippen molar-refractivity contribution in [1.29, 1.82) is 0 Å². The van der Waals surface area contributed by atoms with Crippen LogP contribution in [0.25, 0.3) is 0 Å². The predicted octanol–water partition coefficient (Wildman–Crippen LogP) is 5.13. The molecule has 0 amide bonds. The minimum atomic E-state index is -0.991. The number of anilines is 1. The molecule has 30 heavy (non-hydrogen) atoms. The Hall–Kier alpha value is -1.34. The molecule has 0 saturated carbocycles. The zero-order valence-corrected chi connectivity index (χ0v) is 21.5. The number of nitrogens with zero attached hydrogens (tertiary/aromatic N) is 2. The molecule has 2 rings (SSSR count). The van der Waals surface area contributed by atoms with Crippen molar-refractivity contribution >= 4 is 27.6 Å². The van der Waals surface area contributed by atoms with Crippen LogP contribution < -0.4 is 9.63 Å². The van der Waals surface area contributed by atoms with Crippen LogP contribution in [0.4, 0.5) is 5.69 Å². The summed E-state index contributed by atoms with van der Waals surface area (Å²) in [6.07, 6.45) is 0.792. The Bertz CT molecular complexity index is 790. The number of aromatic nitrogens is 1. The highest BCUT2D eigenvalue weighted by Crippen LogP contribution is 2.42. The first-order valence-corrected chi connectivity index (χ1v) is 11.5. The van der Waals surface area contributed by atoms with Crippen LogP contribution in [0, 0.1) is 24.5 Å².